The van der Waals surface area contributed by atoms with Gasteiger partial charge < -0.3 is 10.7 Å². The topological polar surface area (TPSA) is 58.9 Å². The summed E-state index contributed by atoms with van der Waals surface area (Å²) in [4.78, 5) is 16.7. The molecule has 21 heavy (non-hydrogen) atoms. The Morgan fingerprint density at radius 3 is 2.43 bits per heavy atom. The van der Waals surface area contributed by atoms with Crippen molar-refractivity contribution >= 4 is 28.4 Å². The third-order valence-electron chi connectivity index (χ3n) is 3.32. The molecule has 3 aromatic rings. The van der Waals surface area contributed by atoms with Gasteiger partial charge in [0.1, 0.15) is 5.69 Å². The molecule has 0 amide bonds. The molecule has 3 N–H and O–H groups in total. The molecule has 0 aliphatic heterocycles. The van der Waals surface area contributed by atoms with E-state index >= 15 is 0 Å². The van der Waals surface area contributed by atoms with Gasteiger partial charge in [-0.2, -0.15) is 0 Å². The van der Waals surface area contributed by atoms with E-state index in [0.29, 0.717) is 0 Å². The Kier molecular flexibility index (Phi) is 3.47. The van der Waals surface area contributed by atoms with Crippen molar-refractivity contribution < 1.29 is 0 Å². The van der Waals surface area contributed by atoms with E-state index in [9.17, 15) is 4.79 Å². The van der Waals surface area contributed by atoms with Gasteiger partial charge in [-0.3, -0.25) is 4.79 Å². The van der Waals surface area contributed by atoms with E-state index in [2.05, 4.69) is 37.0 Å². The van der Waals surface area contributed by atoms with E-state index in [0.717, 1.165) is 20.7 Å². The van der Waals surface area contributed by atoms with Crippen molar-refractivity contribution in [2.24, 2.45) is 0 Å². The maximum atomic E-state index is 12.0. The standard InChI is InChI=1S/C17H16N2OS/c1-10-7-11(2)9-12(8-10)21-16-13-5-3-4-6-14(13)19-17(20)15(16)18/h3-9H,18H2,1-2H3,(H,19,20). The molecular formula is C17H16N2OS. The van der Waals surface area contributed by atoms with E-state index in [1.54, 1.807) is 11.8 Å². The average molecular weight is 296 g/mol. The third kappa shape index (κ3) is 2.67. The van der Waals surface area contributed by atoms with Crippen molar-refractivity contribution in [2.45, 2.75) is 23.6 Å². The summed E-state index contributed by atoms with van der Waals surface area (Å²) in [6.07, 6.45) is 0. The van der Waals surface area contributed by atoms with Crippen molar-refractivity contribution in [2.75, 3.05) is 5.73 Å². The number of rotatable bonds is 2. The van der Waals surface area contributed by atoms with E-state index in [1.807, 2.05) is 24.3 Å². The van der Waals surface area contributed by atoms with Crippen LogP contribution >= 0.6 is 11.8 Å². The highest BCUT2D eigenvalue weighted by Crippen LogP contribution is 2.36. The number of H-pyrrole nitrogens is 1. The molecule has 4 heteroatoms. The minimum Gasteiger partial charge on any atom is -0.393 e. The SMILES string of the molecule is Cc1cc(C)cc(Sc2c(N)c(=O)[nH]c3ccccc23)c1. The number of pyridine rings is 1. The summed E-state index contributed by atoms with van der Waals surface area (Å²) >= 11 is 1.54. The maximum Gasteiger partial charge on any atom is 0.272 e. The fraction of sp³-hybridized carbons (Fsp3) is 0.118. The molecular weight excluding hydrogens is 280 g/mol. The predicted octanol–water partition coefficient (Wildman–Crippen LogP) is 3.88. The van der Waals surface area contributed by atoms with Crippen molar-refractivity contribution in [1.29, 1.82) is 0 Å². The van der Waals surface area contributed by atoms with Crippen LogP contribution in [0, 0.1) is 13.8 Å². The molecule has 3 nitrogen and oxygen atoms in total. The molecule has 0 spiro atoms. The highest BCUT2D eigenvalue weighted by atomic mass is 32.2. The number of fused-ring (bicyclic) bond motifs is 1. The first-order chi connectivity index (χ1) is 10.0. The second kappa shape index (κ2) is 5.30. The van der Waals surface area contributed by atoms with E-state index in [-0.39, 0.29) is 11.2 Å². The average Bonchev–Trinajstić information content (AvgIpc) is 2.43. The number of aromatic nitrogens is 1. The number of nitrogens with two attached hydrogens (primary N) is 1. The predicted molar refractivity (Wildman–Crippen MR) is 89.0 cm³/mol. The highest BCUT2D eigenvalue weighted by molar-refractivity contribution is 7.99. The number of hydrogen-bond acceptors (Lipinski definition) is 3. The number of nitrogen functional groups attached to an aromatic ring is 1. The normalized spacial score (nSPS) is 11.0. The van der Waals surface area contributed by atoms with Gasteiger partial charge in [0.15, 0.2) is 0 Å². The number of anilines is 1. The maximum absolute atomic E-state index is 12.0. The summed E-state index contributed by atoms with van der Waals surface area (Å²) in [5.41, 5.74) is 9.26. The molecule has 0 aliphatic rings. The zero-order valence-corrected chi connectivity index (χ0v) is 12.8. The van der Waals surface area contributed by atoms with Crippen LogP contribution in [0.1, 0.15) is 11.1 Å². The van der Waals surface area contributed by atoms with E-state index < -0.39 is 0 Å². The largest absolute Gasteiger partial charge is 0.393 e. The number of hydrogen-bond donors (Lipinski definition) is 2. The van der Waals surface area contributed by atoms with E-state index in [4.69, 9.17) is 5.73 Å². The Labute approximate surface area is 127 Å². The molecule has 0 bridgehead atoms. The Morgan fingerprint density at radius 2 is 1.71 bits per heavy atom. The summed E-state index contributed by atoms with van der Waals surface area (Å²) < 4.78 is 0. The van der Waals surface area contributed by atoms with Crippen LogP contribution in [0.4, 0.5) is 5.69 Å². The van der Waals surface area contributed by atoms with Gasteiger partial charge in [0.2, 0.25) is 0 Å². The molecule has 0 fully saturated rings. The monoisotopic (exact) mass is 296 g/mol. The number of para-hydroxylation sites is 1. The van der Waals surface area contributed by atoms with Crippen molar-refractivity contribution in [3.63, 3.8) is 0 Å². The van der Waals surface area contributed by atoms with Gasteiger partial charge in [0.25, 0.3) is 5.56 Å². The lowest BCUT2D eigenvalue weighted by Crippen LogP contribution is -2.13. The van der Waals surface area contributed by atoms with Crippen LogP contribution in [0.5, 0.6) is 0 Å². The van der Waals surface area contributed by atoms with Crippen LogP contribution < -0.4 is 11.3 Å². The second-order valence-corrected chi connectivity index (χ2v) is 6.25. The van der Waals surface area contributed by atoms with Crippen LogP contribution in [0.15, 0.2) is 57.1 Å². The molecule has 106 valence electrons. The zero-order chi connectivity index (χ0) is 15.0. The highest BCUT2D eigenvalue weighted by Gasteiger charge is 2.11. The summed E-state index contributed by atoms with van der Waals surface area (Å²) in [5.74, 6) is 0. The Bertz CT molecular complexity index is 863. The number of aromatic amines is 1. The van der Waals surface area contributed by atoms with Crippen LogP contribution in [0.3, 0.4) is 0 Å². The van der Waals surface area contributed by atoms with Gasteiger partial charge >= 0.3 is 0 Å². The Balaban J connectivity index is 2.20. The van der Waals surface area contributed by atoms with Gasteiger partial charge in [0, 0.05) is 15.8 Å². The van der Waals surface area contributed by atoms with Crippen LogP contribution in [0.25, 0.3) is 10.9 Å². The Morgan fingerprint density at radius 1 is 1.05 bits per heavy atom. The first-order valence-corrected chi connectivity index (χ1v) is 7.53. The molecule has 0 saturated heterocycles. The van der Waals surface area contributed by atoms with E-state index in [1.165, 1.54) is 11.1 Å². The Hall–Kier alpha value is -2.20. The van der Waals surface area contributed by atoms with Gasteiger partial charge in [0.05, 0.1) is 4.90 Å². The van der Waals surface area contributed by atoms with Crippen molar-refractivity contribution in [3.05, 3.63) is 63.9 Å². The number of nitrogens with one attached hydrogen (secondary N) is 1. The molecule has 0 radical (unpaired) electrons. The molecule has 0 unspecified atom stereocenters. The molecule has 3 rings (SSSR count). The first-order valence-electron chi connectivity index (χ1n) is 6.71. The molecule has 0 saturated carbocycles. The third-order valence-corrected chi connectivity index (χ3v) is 4.44. The summed E-state index contributed by atoms with van der Waals surface area (Å²) in [7, 11) is 0. The molecule has 0 atom stereocenters. The van der Waals surface area contributed by atoms with Gasteiger partial charge in [-0.05, 0) is 43.2 Å². The molecule has 1 heterocycles. The number of aryl methyl sites for hydroxylation is 2. The van der Waals surface area contributed by atoms with Crippen molar-refractivity contribution in [3.8, 4) is 0 Å². The summed E-state index contributed by atoms with van der Waals surface area (Å²) in [6, 6.07) is 14.1. The minimum absolute atomic E-state index is 0.236. The second-order valence-electron chi connectivity index (χ2n) is 5.17. The lowest BCUT2D eigenvalue weighted by atomic mass is 10.2. The van der Waals surface area contributed by atoms with Gasteiger partial charge in [-0.15, -0.1) is 0 Å². The smallest absolute Gasteiger partial charge is 0.272 e. The fourth-order valence-corrected chi connectivity index (χ4v) is 3.66. The lowest BCUT2D eigenvalue weighted by Gasteiger charge is -2.10. The fourth-order valence-electron chi connectivity index (χ4n) is 2.45. The molecule has 1 aromatic heterocycles. The van der Waals surface area contributed by atoms with Crippen LogP contribution in [-0.2, 0) is 0 Å². The van der Waals surface area contributed by atoms with Crippen LogP contribution in [0.2, 0.25) is 0 Å². The zero-order valence-electron chi connectivity index (χ0n) is 11.9. The lowest BCUT2D eigenvalue weighted by molar-refractivity contribution is 1.26. The first kappa shape index (κ1) is 13.8. The molecule has 2 aromatic carbocycles. The minimum atomic E-state index is -0.236. The van der Waals surface area contributed by atoms with Crippen LogP contribution in [-0.4, -0.2) is 4.98 Å². The summed E-state index contributed by atoms with van der Waals surface area (Å²) in [5, 5.41) is 0.971. The van der Waals surface area contributed by atoms with Gasteiger partial charge in [-0.1, -0.05) is 36.0 Å². The molecule has 0 aliphatic carbocycles. The summed E-state index contributed by atoms with van der Waals surface area (Å²) in [6.45, 7) is 4.13. The quantitative estimate of drug-likeness (QED) is 0.754. The number of benzene rings is 2. The van der Waals surface area contributed by atoms with Crippen molar-refractivity contribution in [1.82, 2.24) is 4.98 Å². The van der Waals surface area contributed by atoms with Gasteiger partial charge in [-0.25, -0.2) is 0 Å².